The van der Waals surface area contributed by atoms with Crippen molar-refractivity contribution in [1.82, 2.24) is 44.9 Å². The normalized spacial score (nSPS) is 37.7. The van der Waals surface area contributed by atoms with E-state index in [-0.39, 0.29) is 34.0 Å². The largest absolute Gasteiger partial charge is 0.397 e. The van der Waals surface area contributed by atoms with Crippen LogP contribution in [0.1, 0.15) is 12.5 Å². The van der Waals surface area contributed by atoms with Crippen molar-refractivity contribution in [3.05, 3.63) is 22.6 Å². The fraction of sp³-hybridized carbons (Fsp3) is 0.526. The molecular weight excluding hydrogens is 706 g/mol. The van der Waals surface area contributed by atoms with Crippen molar-refractivity contribution in [2.75, 3.05) is 24.7 Å². The van der Waals surface area contributed by atoms with E-state index in [0.717, 1.165) is 9.36 Å². The van der Waals surface area contributed by atoms with Gasteiger partial charge in [0, 0.05) is 6.20 Å². The molecule has 3 aliphatic rings. The lowest BCUT2D eigenvalue weighted by molar-refractivity contribution is -0.0604. The quantitative estimate of drug-likeness (QED) is 0.143. The molecule has 3 aliphatic heterocycles. The smallest absolute Gasteiger partial charge is 0.386 e. The van der Waals surface area contributed by atoms with Gasteiger partial charge in [-0.25, -0.2) is 18.3 Å². The van der Waals surface area contributed by atoms with Crippen LogP contribution >= 0.6 is 37.0 Å². The zero-order valence-electron chi connectivity index (χ0n) is 22.1. The van der Waals surface area contributed by atoms with E-state index in [1.165, 1.54) is 12.3 Å². The second-order valence-corrected chi connectivity index (χ2v) is 18.1. The topological polar surface area (TPSA) is 245 Å². The molecule has 2 bridgehead atoms. The second-order valence-electron chi connectivity index (χ2n) is 9.95. The lowest BCUT2D eigenvalue weighted by atomic mass is 10.1. The summed E-state index contributed by atoms with van der Waals surface area (Å²) in [5, 5.41) is 15.5. The van der Waals surface area contributed by atoms with Crippen molar-refractivity contribution in [2.45, 2.75) is 49.2 Å². The van der Waals surface area contributed by atoms with Crippen molar-refractivity contribution in [2.24, 2.45) is 0 Å². The molecule has 242 valence electrons. The molecule has 0 aromatic carbocycles. The van der Waals surface area contributed by atoms with Gasteiger partial charge in [-0.15, -0.1) is 10.2 Å². The van der Waals surface area contributed by atoms with Crippen LogP contribution in [0.3, 0.4) is 0 Å². The molecule has 3 fully saturated rings. The number of nitrogen functional groups attached to an aromatic ring is 2. The predicted octanol–water partition coefficient (Wildman–Crippen LogP) is 0.999. The molecule has 0 amide bonds. The van der Waals surface area contributed by atoms with E-state index in [0.29, 0.717) is 0 Å². The van der Waals surface area contributed by atoms with E-state index in [9.17, 15) is 9.36 Å². The summed E-state index contributed by atoms with van der Waals surface area (Å²) in [5.74, 6) is -0.282. The number of aromatic amines is 1. The maximum absolute atomic E-state index is 16.0. The first-order chi connectivity index (χ1) is 21.3. The SMILES string of the molecule is Nc1nc2c(nnn2[C@@H]2O[C@@H]3COP(=S)(S)O[C@H]4[C@H](F)[C@H](n5nnc6c(N)ccnc65)O[C@@H]4COP(=O)(S)O[C@@H]2[C@@H]3F)c(=O)[nH]1. The molecule has 7 rings (SSSR count). The van der Waals surface area contributed by atoms with Gasteiger partial charge in [0.15, 0.2) is 47.1 Å². The van der Waals surface area contributed by atoms with Crippen LogP contribution in [0.2, 0.25) is 0 Å². The number of hydrogen-bond donors (Lipinski definition) is 5. The summed E-state index contributed by atoms with van der Waals surface area (Å²) in [6, 6.07) is 1.50. The molecule has 26 heteroatoms. The van der Waals surface area contributed by atoms with Crippen LogP contribution in [-0.4, -0.2) is 94.9 Å². The van der Waals surface area contributed by atoms with Crippen molar-refractivity contribution >= 4 is 82.8 Å². The van der Waals surface area contributed by atoms with E-state index in [1.54, 1.807) is 0 Å². The number of rotatable bonds is 2. The standard InChI is InChI=1S/C19H21F2N11O8P2S3/c20-8-6-3-36-42(44,45)40-12-7(38-17(9(12)21)31-14-10(27-29-31)5(22)1-2-24-14)4-35-41(34,43)39-13(8)18(37-6)32-15-11(28-30-32)16(33)26-19(23)25-15/h1-2,6-9,12-13,17-18H,3-4H2,(H2,22,24)(H,34,43)(H,44,45)(H3,23,25,26,33)/t6-,7-,8-,9+,12-,13-,17-,18-,41?/m1/s1. The molecular formula is C19H21F2N11O8P2S3. The van der Waals surface area contributed by atoms with Crippen LogP contribution in [0.25, 0.3) is 22.3 Å². The highest BCUT2D eigenvalue weighted by molar-refractivity contribution is 8.60. The van der Waals surface area contributed by atoms with Gasteiger partial charge in [0.05, 0.1) is 18.9 Å². The third kappa shape index (κ3) is 5.64. The van der Waals surface area contributed by atoms with Gasteiger partial charge in [-0.2, -0.15) is 14.3 Å². The minimum absolute atomic E-state index is 0.120. The van der Waals surface area contributed by atoms with Crippen LogP contribution in [0.5, 0.6) is 0 Å². The summed E-state index contributed by atoms with van der Waals surface area (Å²) in [5.41, 5.74) is 7.37. The van der Waals surface area contributed by atoms with E-state index in [4.69, 9.17) is 50.8 Å². The maximum Gasteiger partial charge on any atom is 0.386 e. The summed E-state index contributed by atoms with van der Waals surface area (Å²) >= 11 is 13.7. The highest BCUT2D eigenvalue weighted by Crippen LogP contribution is 2.60. The third-order valence-electron chi connectivity index (χ3n) is 7.07. The highest BCUT2D eigenvalue weighted by Gasteiger charge is 2.54. The first-order valence-corrected chi connectivity index (χ1v) is 19.3. The molecule has 5 N–H and O–H groups in total. The number of nitrogens with zero attached hydrogens (tertiary/aromatic N) is 8. The fourth-order valence-corrected chi connectivity index (χ4v) is 8.47. The monoisotopic (exact) mass is 727 g/mol. The Hall–Kier alpha value is -2.37. The number of fused-ring (bicyclic) bond motifs is 5. The number of thiol groups is 2. The molecule has 10 atom stereocenters. The van der Waals surface area contributed by atoms with Gasteiger partial charge < -0.3 is 30.0 Å². The Labute approximate surface area is 264 Å². The molecule has 0 aliphatic carbocycles. The number of nitrogens with two attached hydrogens (primary N) is 2. The Morgan fingerprint density at radius 1 is 0.956 bits per heavy atom. The van der Waals surface area contributed by atoms with E-state index in [2.05, 4.69) is 60.1 Å². The maximum atomic E-state index is 16.0. The van der Waals surface area contributed by atoms with E-state index < -0.39 is 80.5 Å². The summed E-state index contributed by atoms with van der Waals surface area (Å²) in [6.07, 6.45) is -11.6. The average Bonchev–Trinajstić information content (AvgIpc) is 3.72. The fourth-order valence-electron chi connectivity index (χ4n) is 5.06. The van der Waals surface area contributed by atoms with Crippen LogP contribution in [0.15, 0.2) is 17.1 Å². The number of aromatic nitrogens is 9. The predicted molar refractivity (Wildman–Crippen MR) is 159 cm³/mol. The molecule has 0 spiro atoms. The van der Waals surface area contributed by atoms with E-state index >= 15 is 8.78 Å². The van der Waals surface area contributed by atoms with Gasteiger partial charge in [-0.05, 0) is 17.9 Å². The molecule has 45 heavy (non-hydrogen) atoms. The third-order valence-corrected chi connectivity index (χ3v) is 10.9. The van der Waals surface area contributed by atoms with Crippen LogP contribution in [0, 0.1) is 0 Å². The lowest BCUT2D eigenvalue weighted by Gasteiger charge is -2.27. The van der Waals surface area contributed by atoms with Crippen LogP contribution in [-0.2, 0) is 43.9 Å². The zero-order chi connectivity index (χ0) is 31.8. The minimum Gasteiger partial charge on any atom is -0.397 e. The number of anilines is 2. The van der Waals surface area contributed by atoms with Crippen LogP contribution in [0.4, 0.5) is 20.4 Å². The number of H-pyrrole nitrogens is 1. The molecule has 2 unspecified atom stereocenters. The molecule has 19 nitrogen and oxygen atoms in total. The molecule has 4 aromatic heterocycles. The lowest BCUT2D eigenvalue weighted by Crippen LogP contribution is -2.34. The number of halogens is 2. The summed E-state index contributed by atoms with van der Waals surface area (Å²) in [6.45, 7) is -5.70. The number of alkyl halides is 2. The Morgan fingerprint density at radius 3 is 2.42 bits per heavy atom. The molecule has 0 radical (unpaired) electrons. The van der Waals surface area contributed by atoms with Crippen molar-refractivity contribution in [1.29, 1.82) is 0 Å². The average molecular weight is 728 g/mol. The highest BCUT2D eigenvalue weighted by atomic mass is 32.9. The first kappa shape index (κ1) is 31.2. The van der Waals surface area contributed by atoms with Crippen molar-refractivity contribution < 1.29 is 40.9 Å². The van der Waals surface area contributed by atoms with Gasteiger partial charge >= 0.3 is 6.80 Å². The molecule has 0 saturated carbocycles. The zero-order valence-corrected chi connectivity index (χ0v) is 26.5. The van der Waals surface area contributed by atoms with Crippen molar-refractivity contribution in [3.63, 3.8) is 0 Å². The molecule has 7 heterocycles. The number of hydrogen-bond acceptors (Lipinski definition) is 17. The van der Waals surface area contributed by atoms with Gasteiger partial charge in [0.2, 0.25) is 11.6 Å². The Balaban J connectivity index is 1.21. The minimum atomic E-state index is -4.48. The van der Waals surface area contributed by atoms with E-state index in [1.807, 2.05) is 0 Å². The second kappa shape index (κ2) is 11.4. The molecule has 4 aromatic rings. The van der Waals surface area contributed by atoms with Crippen LogP contribution < -0.4 is 17.0 Å². The van der Waals surface area contributed by atoms with Gasteiger partial charge in [0.1, 0.15) is 24.4 Å². The Morgan fingerprint density at radius 2 is 1.64 bits per heavy atom. The summed E-state index contributed by atoms with van der Waals surface area (Å²) in [4.78, 5) is 22.7. The van der Waals surface area contributed by atoms with Crippen molar-refractivity contribution in [3.8, 4) is 0 Å². The van der Waals surface area contributed by atoms with Gasteiger partial charge in [-0.3, -0.25) is 18.8 Å². The number of ether oxygens (including phenoxy) is 2. The number of pyridine rings is 1. The Kier molecular flexibility index (Phi) is 7.92. The summed E-state index contributed by atoms with van der Waals surface area (Å²) in [7, 11) is 0. The summed E-state index contributed by atoms with van der Waals surface area (Å²) < 4.78 is 81.4. The van der Waals surface area contributed by atoms with Gasteiger partial charge in [0.25, 0.3) is 5.56 Å². The Bertz CT molecular complexity index is 1950. The first-order valence-electron chi connectivity index (χ1n) is 12.8. The number of nitrogens with one attached hydrogen (secondary N) is 1. The molecule has 3 saturated heterocycles. The van der Waals surface area contributed by atoms with Gasteiger partial charge in [-0.1, -0.05) is 34.9 Å².